The van der Waals surface area contributed by atoms with Gasteiger partial charge in [-0.15, -0.1) is 0 Å². The molecule has 2 aromatic rings. The molecule has 23 heavy (non-hydrogen) atoms. The molecule has 1 fully saturated rings. The second-order valence-electron chi connectivity index (χ2n) is 5.91. The number of hydrogen-bond acceptors (Lipinski definition) is 2. The van der Waals surface area contributed by atoms with Gasteiger partial charge in [0.1, 0.15) is 5.54 Å². The summed E-state index contributed by atoms with van der Waals surface area (Å²) in [4.78, 5) is 26.5. The lowest BCUT2D eigenvalue weighted by atomic mass is 9.92. The van der Waals surface area contributed by atoms with E-state index in [1.165, 1.54) is 4.90 Å². The van der Waals surface area contributed by atoms with Crippen molar-refractivity contribution in [3.63, 3.8) is 0 Å². The van der Waals surface area contributed by atoms with Gasteiger partial charge in [-0.05, 0) is 25.5 Å². The fourth-order valence-corrected chi connectivity index (χ4v) is 3.45. The van der Waals surface area contributed by atoms with Crippen LogP contribution in [0.1, 0.15) is 23.6 Å². The predicted molar refractivity (Wildman–Crippen MR) is 91.8 cm³/mol. The van der Waals surface area contributed by atoms with E-state index in [1.54, 1.807) is 6.92 Å². The molecule has 1 N–H and O–H groups in total. The highest BCUT2D eigenvalue weighted by Crippen LogP contribution is 2.34. The van der Waals surface area contributed by atoms with E-state index in [0.717, 1.165) is 21.2 Å². The summed E-state index contributed by atoms with van der Waals surface area (Å²) < 4.78 is 0.799. The van der Waals surface area contributed by atoms with Crippen molar-refractivity contribution < 1.29 is 9.59 Å². The zero-order valence-corrected chi connectivity index (χ0v) is 14.6. The van der Waals surface area contributed by atoms with Crippen molar-refractivity contribution >= 4 is 27.9 Å². The highest BCUT2D eigenvalue weighted by molar-refractivity contribution is 9.10. The summed E-state index contributed by atoms with van der Waals surface area (Å²) in [7, 11) is 0. The SMILES string of the molecule is Cc1ccc(CN2C(=O)N[C@@](C)(c3ccccc3Br)C2=O)cc1. The maximum absolute atomic E-state index is 12.9. The number of imide groups is 1. The van der Waals surface area contributed by atoms with Crippen molar-refractivity contribution in [3.05, 3.63) is 69.7 Å². The number of carbonyl (C=O) groups is 2. The quantitative estimate of drug-likeness (QED) is 0.834. The normalized spacial score (nSPS) is 20.7. The number of nitrogens with one attached hydrogen (secondary N) is 1. The van der Waals surface area contributed by atoms with E-state index in [1.807, 2.05) is 55.5 Å². The Balaban J connectivity index is 1.91. The van der Waals surface area contributed by atoms with Crippen LogP contribution in [-0.4, -0.2) is 16.8 Å². The minimum Gasteiger partial charge on any atom is -0.319 e. The molecule has 118 valence electrons. The Morgan fingerprint density at radius 1 is 1.09 bits per heavy atom. The number of carbonyl (C=O) groups excluding carboxylic acids is 2. The van der Waals surface area contributed by atoms with Gasteiger partial charge in [-0.25, -0.2) is 4.79 Å². The first kappa shape index (κ1) is 15.7. The zero-order chi connectivity index (χ0) is 16.6. The molecular weight excluding hydrogens is 356 g/mol. The van der Waals surface area contributed by atoms with E-state index in [0.29, 0.717) is 0 Å². The molecule has 2 aromatic carbocycles. The van der Waals surface area contributed by atoms with Crippen LogP contribution in [0.3, 0.4) is 0 Å². The minimum atomic E-state index is -1.05. The molecule has 0 aliphatic carbocycles. The Kier molecular flexibility index (Phi) is 3.98. The largest absolute Gasteiger partial charge is 0.325 e. The first-order valence-corrected chi connectivity index (χ1v) is 8.16. The van der Waals surface area contributed by atoms with Crippen LogP contribution in [0.4, 0.5) is 4.79 Å². The summed E-state index contributed by atoms with van der Waals surface area (Å²) >= 11 is 3.46. The molecule has 1 aliphatic heterocycles. The third-order valence-electron chi connectivity index (χ3n) is 4.15. The average molecular weight is 373 g/mol. The number of benzene rings is 2. The second-order valence-corrected chi connectivity index (χ2v) is 6.77. The van der Waals surface area contributed by atoms with Gasteiger partial charge in [-0.3, -0.25) is 9.69 Å². The summed E-state index contributed by atoms with van der Waals surface area (Å²) in [5, 5.41) is 2.83. The standard InChI is InChI=1S/C18H17BrN2O2/c1-12-7-9-13(10-8-12)11-21-16(22)18(2,20-17(21)23)14-5-3-4-6-15(14)19/h3-10H,11H2,1-2H3,(H,20,23)/t18-/m0/s1. The van der Waals surface area contributed by atoms with Gasteiger partial charge in [-0.1, -0.05) is 64.0 Å². The molecule has 1 saturated heterocycles. The summed E-state index contributed by atoms with van der Waals surface area (Å²) in [6, 6.07) is 14.9. The number of urea groups is 1. The summed E-state index contributed by atoms with van der Waals surface area (Å²) in [5.74, 6) is -0.241. The van der Waals surface area contributed by atoms with Gasteiger partial charge in [0.05, 0.1) is 6.54 Å². The fourth-order valence-electron chi connectivity index (χ4n) is 2.77. The lowest BCUT2D eigenvalue weighted by Crippen LogP contribution is -2.41. The van der Waals surface area contributed by atoms with Crippen LogP contribution < -0.4 is 5.32 Å². The van der Waals surface area contributed by atoms with Gasteiger partial charge in [0.2, 0.25) is 0 Å². The highest BCUT2D eigenvalue weighted by atomic mass is 79.9. The Labute approximate surface area is 143 Å². The molecule has 5 heteroatoms. The summed E-state index contributed by atoms with van der Waals surface area (Å²) in [6.45, 7) is 4.01. The van der Waals surface area contributed by atoms with Crippen molar-refractivity contribution in [2.75, 3.05) is 0 Å². The van der Waals surface area contributed by atoms with Crippen LogP contribution in [0, 0.1) is 6.92 Å². The average Bonchev–Trinajstić information content (AvgIpc) is 2.74. The molecule has 0 spiro atoms. The van der Waals surface area contributed by atoms with Crippen LogP contribution >= 0.6 is 15.9 Å². The van der Waals surface area contributed by atoms with Crippen molar-refractivity contribution in [1.29, 1.82) is 0 Å². The van der Waals surface area contributed by atoms with Crippen LogP contribution in [0.15, 0.2) is 53.0 Å². The van der Waals surface area contributed by atoms with E-state index in [4.69, 9.17) is 0 Å². The highest BCUT2D eigenvalue weighted by Gasteiger charge is 2.49. The maximum Gasteiger partial charge on any atom is 0.325 e. The number of hydrogen-bond donors (Lipinski definition) is 1. The minimum absolute atomic E-state index is 0.241. The van der Waals surface area contributed by atoms with Gasteiger partial charge in [-0.2, -0.15) is 0 Å². The lowest BCUT2D eigenvalue weighted by Gasteiger charge is -2.23. The number of amides is 3. The Bertz CT molecular complexity index is 773. The van der Waals surface area contributed by atoms with E-state index in [2.05, 4.69) is 21.2 Å². The molecule has 0 saturated carbocycles. The molecule has 1 aliphatic rings. The molecule has 3 amide bonds. The Morgan fingerprint density at radius 2 is 1.74 bits per heavy atom. The van der Waals surface area contributed by atoms with Crippen molar-refractivity contribution in [1.82, 2.24) is 10.2 Å². The van der Waals surface area contributed by atoms with Crippen LogP contribution in [0.2, 0.25) is 0 Å². The number of aryl methyl sites for hydroxylation is 1. The Morgan fingerprint density at radius 3 is 2.39 bits per heavy atom. The van der Waals surface area contributed by atoms with Crippen LogP contribution in [0.5, 0.6) is 0 Å². The second kappa shape index (κ2) is 5.81. The summed E-state index contributed by atoms with van der Waals surface area (Å²) in [5.41, 5.74) is 1.77. The summed E-state index contributed by atoms with van der Waals surface area (Å²) in [6.07, 6.45) is 0. The fraction of sp³-hybridized carbons (Fsp3) is 0.222. The topological polar surface area (TPSA) is 49.4 Å². The van der Waals surface area contributed by atoms with Gasteiger partial charge in [0, 0.05) is 10.0 Å². The maximum atomic E-state index is 12.9. The molecule has 0 bridgehead atoms. The lowest BCUT2D eigenvalue weighted by molar-refractivity contribution is -0.131. The molecule has 1 heterocycles. The van der Waals surface area contributed by atoms with Crippen LogP contribution in [0.25, 0.3) is 0 Å². The van der Waals surface area contributed by atoms with Crippen molar-refractivity contribution in [3.8, 4) is 0 Å². The van der Waals surface area contributed by atoms with E-state index in [9.17, 15) is 9.59 Å². The van der Waals surface area contributed by atoms with Gasteiger partial charge < -0.3 is 5.32 Å². The molecule has 0 unspecified atom stereocenters. The van der Waals surface area contributed by atoms with E-state index in [-0.39, 0.29) is 18.5 Å². The smallest absolute Gasteiger partial charge is 0.319 e. The van der Waals surface area contributed by atoms with Crippen molar-refractivity contribution in [2.24, 2.45) is 0 Å². The first-order valence-electron chi connectivity index (χ1n) is 7.36. The number of halogens is 1. The predicted octanol–water partition coefficient (Wildman–Crippen LogP) is 3.72. The molecule has 0 radical (unpaired) electrons. The third kappa shape index (κ3) is 2.77. The molecule has 1 atom stereocenters. The van der Waals surface area contributed by atoms with E-state index >= 15 is 0 Å². The number of nitrogens with zero attached hydrogens (tertiary/aromatic N) is 1. The number of rotatable bonds is 3. The zero-order valence-electron chi connectivity index (χ0n) is 13.0. The van der Waals surface area contributed by atoms with Gasteiger partial charge in [0.15, 0.2) is 0 Å². The molecule has 3 rings (SSSR count). The first-order chi connectivity index (χ1) is 10.9. The van der Waals surface area contributed by atoms with Gasteiger partial charge in [0.25, 0.3) is 5.91 Å². The Hall–Kier alpha value is -2.14. The van der Waals surface area contributed by atoms with Crippen molar-refractivity contribution in [2.45, 2.75) is 25.9 Å². The van der Waals surface area contributed by atoms with E-state index < -0.39 is 5.54 Å². The van der Waals surface area contributed by atoms with Gasteiger partial charge >= 0.3 is 6.03 Å². The molecule has 0 aromatic heterocycles. The third-order valence-corrected chi connectivity index (χ3v) is 4.84. The van der Waals surface area contributed by atoms with Crippen LogP contribution in [-0.2, 0) is 16.9 Å². The molecule has 4 nitrogen and oxygen atoms in total. The monoisotopic (exact) mass is 372 g/mol. The molecular formula is C18H17BrN2O2.